The number of barbiturate groups is 1. The molecule has 32 heavy (non-hydrogen) atoms. The summed E-state index contributed by atoms with van der Waals surface area (Å²) in [6.07, 6.45) is 2.59. The zero-order valence-electron chi connectivity index (χ0n) is 18.8. The van der Waals surface area contributed by atoms with E-state index in [1.807, 2.05) is 6.92 Å². The van der Waals surface area contributed by atoms with E-state index in [4.69, 9.17) is 0 Å². The molecule has 1 saturated heterocycles. The van der Waals surface area contributed by atoms with Crippen LogP contribution in [0.25, 0.3) is 6.08 Å². The van der Waals surface area contributed by atoms with Crippen molar-refractivity contribution in [1.82, 2.24) is 5.32 Å². The van der Waals surface area contributed by atoms with E-state index < -0.39 is 17.8 Å². The normalized spacial score (nSPS) is 21.6. The van der Waals surface area contributed by atoms with Crippen LogP contribution in [0.1, 0.15) is 49.8 Å². The van der Waals surface area contributed by atoms with Gasteiger partial charge in [-0.2, -0.15) is 0 Å². The Morgan fingerprint density at radius 3 is 2.56 bits per heavy atom. The van der Waals surface area contributed by atoms with E-state index in [-0.39, 0.29) is 11.1 Å². The fourth-order valence-electron chi connectivity index (χ4n) is 4.55. The summed E-state index contributed by atoms with van der Waals surface area (Å²) in [6.45, 7) is 8.63. The van der Waals surface area contributed by atoms with Gasteiger partial charge in [-0.05, 0) is 86.2 Å². The lowest BCUT2D eigenvalue weighted by Gasteiger charge is -2.45. The molecule has 2 heterocycles. The third kappa shape index (κ3) is 3.75. The number of aryl methyl sites for hydroxylation is 1. The summed E-state index contributed by atoms with van der Waals surface area (Å²) in [5, 5.41) is 2.29. The number of halogens is 1. The molecule has 4 rings (SSSR count). The Bertz CT molecular complexity index is 1180. The van der Waals surface area contributed by atoms with Crippen molar-refractivity contribution in [2.24, 2.45) is 0 Å². The number of hydrogen-bond acceptors (Lipinski definition) is 4. The minimum Gasteiger partial charge on any atom is -0.369 e. The second kappa shape index (κ2) is 7.89. The second-order valence-electron chi connectivity index (χ2n) is 9.18. The predicted octanol–water partition coefficient (Wildman–Crippen LogP) is 5.15. The number of rotatable bonds is 2. The minimum absolute atomic E-state index is 0.0445. The zero-order valence-corrected chi connectivity index (χ0v) is 20.4. The van der Waals surface area contributed by atoms with Crippen LogP contribution < -0.4 is 15.1 Å². The maximum atomic E-state index is 13.2. The number of nitrogens with zero attached hydrogens (tertiary/aromatic N) is 2. The average molecular weight is 496 g/mol. The van der Waals surface area contributed by atoms with Crippen molar-refractivity contribution >= 4 is 51.2 Å². The molecule has 0 aromatic heterocycles. The first-order chi connectivity index (χ1) is 15.0. The molecule has 0 saturated carbocycles. The van der Waals surface area contributed by atoms with E-state index in [0.717, 1.165) is 26.9 Å². The largest absolute Gasteiger partial charge is 0.369 e. The van der Waals surface area contributed by atoms with Crippen molar-refractivity contribution in [3.8, 4) is 0 Å². The van der Waals surface area contributed by atoms with Gasteiger partial charge in [-0.3, -0.25) is 14.9 Å². The molecule has 7 heteroatoms. The van der Waals surface area contributed by atoms with Crippen LogP contribution in [0.3, 0.4) is 0 Å². The van der Waals surface area contributed by atoms with Gasteiger partial charge in [0.05, 0.1) is 5.69 Å². The molecule has 4 amide bonds. The van der Waals surface area contributed by atoms with Crippen LogP contribution in [-0.4, -0.2) is 30.4 Å². The summed E-state index contributed by atoms with van der Waals surface area (Å²) in [4.78, 5) is 41.5. The molecule has 2 aliphatic heterocycles. The van der Waals surface area contributed by atoms with Gasteiger partial charge in [0.15, 0.2) is 0 Å². The summed E-state index contributed by atoms with van der Waals surface area (Å²) >= 11 is 3.36. The summed E-state index contributed by atoms with van der Waals surface area (Å²) in [5.74, 6) is -0.987. The molecule has 1 fully saturated rings. The number of benzene rings is 2. The number of imide groups is 2. The molecule has 0 bridgehead atoms. The van der Waals surface area contributed by atoms with Crippen LogP contribution in [0.2, 0.25) is 0 Å². The van der Waals surface area contributed by atoms with Crippen LogP contribution in [0.15, 0.2) is 46.4 Å². The number of urea groups is 1. The molecule has 0 aliphatic carbocycles. The summed E-state index contributed by atoms with van der Waals surface area (Å²) in [7, 11) is 2.10. The molecule has 2 aromatic carbocycles. The van der Waals surface area contributed by atoms with Crippen LogP contribution in [0.4, 0.5) is 16.2 Å². The average Bonchev–Trinajstić information content (AvgIpc) is 2.69. The van der Waals surface area contributed by atoms with Gasteiger partial charge in [-0.25, -0.2) is 9.69 Å². The molecule has 0 radical (unpaired) electrons. The number of amides is 4. The lowest BCUT2D eigenvalue weighted by Crippen LogP contribution is -2.54. The molecule has 6 nitrogen and oxygen atoms in total. The van der Waals surface area contributed by atoms with Crippen LogP contribution in [0, 0.1) is 6.92 Å². The Balaban J connectivity index is 1.78. The monoisotopic (exact) mass is 495 g/mol. The SMILES string of the molecule is Cc1cc2c(cc1/C=C1/C(=O)NC(=O)N(c3cccc(Br)c3)C1=O)C(C)CC(C)(C)N2C. The highest BCUT2D eigenvalue weighted by Crippen LogP contribution is 2.43. The van der Waals surface area contributed by atoms with Crippen LogP contribution >= 0.6 is 15.9 Å². The summed E-state index contributed by atoms with van der Waals surface area (Å²) in [6, 6.07) is 10.3. The number of carbonyl (C=O) groups is 3. The van der Waals surface area contributed by atoms with Crippen molar-refractivity contribution in [1.29, 1.82) is 0 Å². The first-order valence-electron chi connectivity index (χ1n) is 10.5. The molecular weight excluding hydrogens is 470 g/mol. The fourth-order valence-corrected chi connectivity index (χ4v) is 4.94. The third-order valence-electron chi connectivity index (χ3n) is 6.49. The minimum atomic E-state index is -0.755. The lowest BCUT2D eigenvalue weighted by molar-refractivity contribution is -0.122. The van der Waals surface area contributed by atoms with Gasteiger partial charge in [0.25, 0.3) is 11.8 Å². The number of nitrogens with one attached hydrogen (secondary N) is 1. The van der Waals surface area contributed by atoms with Gasteiger partial charge < -0.3 is 4.90 Å². The first kappa shape index (κ1) is 22.3. The zero-order chi connectivity index (χ0) is 23.4. The number of anilines is 2. The van der Waals surface area contributed by atoms with Gasteiger partial charge in [-0.1, -0.05) is 28.9 Å². The lowest BCUT2D eigenvalue weighted by atomic mass is 9.79. The topological polar surface area (TPSA) is 69.7 Å². The Morgan fingerprint density at radius 1 is 1.16 bits per heavy atom. The molecular formula is C25H26BrN3O3. The van der Waals surface area contributed by atoms with E-state index >= 15 is 0 Å². The van der Waals surface area contributed by atoms with E-state index in [2.05, 4.69) is 66.1 Å². The maximum absolute atomic E-state index is 13.2. The van der Waals surface area contributed by atoms with E-state index in [9.17, 15) is 14.4 Å². The molecule has 1 N–H and O–H groups in total. The Kier molecular flexibility index (Phi) is 5.49. The maximum Gasteiger partial charge on any atom is 0.335 e. The Morgan fingerprint density at radius 2 is 1.88 bits per heavy atom. The standard InChI is InChI=1S/C25H26BrN3O3/c1-14-9-21-19(15(2)13-25(3,4)28(21)5)10-16(14)11-20-22(30)27-24(32)29(23(20)31)18-8-6-7-17(26)12-18/h6-12,15H,13H2,1-5H3,(H,27,30,32)/b20-11-. The van der Waals surface area contributed by atoms with Gasteiger partial charge in [0.1, 0.15) is 5.57 Å². The van der Waals surface area contributed by atoms with E-state index in [1.165, 1.54) is 11.3 Å². The Labute approximate surface area is 196 Å². The van der Waals surface area contributed by atoms with Crippen LogP contribution in [-0.2, 0) is 9.59 Å². The quantitative estimate of drug-likeness (QED) is 0.462. The van der Waals surface area contributed by atoms with Gasteiger partial charge in [-0.15, -0.1) is 0 Å². The molecule has 1 unspecified atom stereocenters. The molecule has 1 atom stereocenters. The van der Waals surface area contributed by atoms with Crippen molar-refractivity contribution in [2.75, 3.05) is 16.8 Å². The smallest absolute Gasteiger partial charge is 0.335 e. The first-order valence-corrected chi connectivity index (χ1v) is 11.3. The molecule has 2 aliphatic rings. The van der Waals surface area contributed by atoms with E-state index in [0.29, 0.717) is 11.6 Å². The second-order valence-corrected chi connectivity index (χ2v) is 10.1. The van der Waals surface area contributed by atoms with Crippen molar-refractivity contribution in [3.05, 3.63) is 63.1 Å². The van der Waals surface area contributed by atoms with Gasteiger partial charge >= 0.3 is 6.03 Å². The van der Waals surface area contributed by atoms with E-state index in [1.54, 1.807) is 30.3 Å². The summed E-state index contributed by atoms with van der Waals surface area (Å²) in [5.41, 5.74) is 4.48. The van der Waals surface area contributed by atoms with Crippen LogP contribution in [0.5, 0.6) is 0 Å². The molecule has 2 aromatic rings. The Hall–Kier alpha value is -2.93. The third-order valence-corrected chi connectivity index (χ3v) is 6.98. The molecule has 0 spiro atoms. The summed E-state index contributed by atoms with van der Waals surface area (Å²) < 4.78 is 0.726. The predicted molar refractivity (Wildman–Crippen MR) is 130 cm³/mol. The number of fused-ring (bicyclic) bond motifs is 1. The van der Waals surface area contributed by atoms with Crippen molar-refractivity contribution in [3.63, 3.8) is 0 Å². The highest BCUT2D eigenvalue weighted by molar-refractivity contribution is 9.10. The fraction of sp³-hybridized carbons (Fsp3) is 0.320. The number of carbonyl (C=O) groups excluding carboxylic acids is 3. The molecule has 166 valence electrons. The van der Waals surface area contributed by atoms with Gasteiger partial charge in [0.2, 0.25) is 0 Å². The van der Waals surface area contributed by atoms with Gasteiger partial charge in [0, 0.05) is 22.7 Å². The number of hydrogen-bond donors (Lipinski definition) is 1. The highest BCUT2D eigenvalue weighted by atomic mass is 79.9. The highest BCUT2D eigenvalue weighted by Gasteiger charge is 2.38. The van der Waals surface area contributed by atoms with Crippen molar-refractivity contribution in [2.45, 2.75) is 45.6 Å². The van der Waals surface area contributed by atoms with Crippen molar-refractivity contribution < 1.29 is 14.4 Å².